The third-order valence-electron chi connectivity index (χ3n) is 6.59. The summed E-state index contributed by atoms with van der Waals surface area (Å²) in [5.41, 5.74) is 7.41. The van der Waals surface area contributed by atoms with Crippen molar-refractivity contribution in [3.63, 3.8) is 0 Å². The second kappa shape index (κ2) is 8.70. The van der Waals surface area contributed by atoms with Crippen LogP contribution in [0, 0.1) is 20.8 Å². The molecule has 168 valence electrons. The summed E-state index contributed by atoms with van der Waals surface area (Å²) in [6.45, 7) is 9.27. The summed E-state index contributed by atoms with van der Waals surface area (Å²) in [4.78, 5) is 27.0. The van der Waals surface area contributed by atoms with Gasteiger partial charge in [0.2, 0.25) is 5.91 Å². The molecule has 1 saturated heterocycles. The smallest absolute Gasteiger partial charge is 0.228 e. The van der Waals surface area contributed by atoms with Crippen LogP contribution in [0.4, 0.5) is 5.82 Å². The lowest BCUT2D eigenvalue weighted by Gasteiger charge is -2.35. The number of nitrogens with zero attached hydrogens (tertiary/aromatic N) is 5. The highest BCUT2D eigenvalue weighted by molar-refractivity contribution is 5.82. The Labute approximate surface area is 194 Å². The summed E-state index contributed by atoms with van der Waals surface area (Å²) < 4.78 is 2.07. The highest BCUT2D eigenvalue weighted by Gasteiger charge is 2.25. The molecule has 1 fully saturated rings. The number of aryl methyl sites for hydroxylation is 3. The van der Waals surface area contributed by atoms with Crippen LogP contribution < -0.4 is 4.90 Å². The molecule has 4 aromatic rings. The summed E-state index contributed by atoms with van der Waals surface area (Å²) >= 11 is 0. The molecule has 0 spiro atoms. The maximum absolute atomic E-state index is 13.4. The van der Waals surface area contributed by atoms with Crippen molar-refractivity contribution in [2.24, 2.45) is 0 Å². The van der Waals surface area contributed by atoms with Crippen molar-refractivity contribution < 1.29 is 4.79 Å². The van der Waals surface area contributed by atoms with Crippen molar-refractivity contribution in [3.05, 3.63) is 83.3 Å². The zero-order chi connectivity index (χ0) is 22.9. The van der Waals surface area contributed by atoms with Crippen LogP contribution >= 0.6 is 0 Å². The lowest BCUT2D eigenvalue weighted by atomic mass is 10.0. The minimum absolute atomic E-state index is 0.142. The number of carbonyl (C=O) groups is 1. The normalized spacial score (nSPS) is 14.2. The number of carbonyl (C=O) groups excluding carboxylic acids is 1. The van der Waals surface area contributed by atoms with Crippen LogP contribution in [0.5, 0.6) is 0 Å². The Bertz CT molecular complexity index is 1300. The van der Waals surface area contributed by atoms with Gasteiger partial charge in [0.1, 0.15) is 11.5 Å². The highest BCUT2D eigenvalue weighted by atomic mass is 16.2. The molecule has 0 saturated carbocycles. The Hall–Kier alpha value is -3.67. The Morgan fingerprint density at radius 3 is 2.48 bits per heavy atom. The third-order valence-corrected chi connectivity index (χ3v) is 6.59. The van der Waals surface area contributed by atoms with Crippen molar-refractivity contribution in [2.45, 2.75) is 27.2 Å². The molecular weight excluding hydrogens is 410 g/mol. The number of hydrogen-bond acceptors (Lipinski definition) is 4. The number of imidazole rings is 1. The molecule has 0 bridgehead atoms. The molecule has 6 heteroatoms. The van der Waals surface area contributed by atoms with Gasteiger partial charge in [-0.1, -0.05) is 18.2 Å². The van der Waals surface area contributed by atoms with Gasteiger partial charge >= 0.3 is 0 Å². The van der Waals surface area contributed by atoms with Crippen LogP contribution in [0.1, 0.15) is 22.4 Å². The molecule has 5 rings (SSSR count). The van der Waals surface area contributed by atoms with Gasteiger partial charge in [-0.05, 0) is 67.8 Å². The fourth-order valence-electron chi connectivity index (χ4n) is 4.47. The van der Waals surface area contributed by atoms with E-state index in [4.69, 9.17) is 4.98 Å². The number of hydrogen-bond donors (Lipinski definition) is 0. The van der Waals surface area contributed by atoms with E-state index in [-0.39, 0.29) is 5.91 Å². The van der Waals surface area contributed by atoms with Gasteiger partial charge < -0.3 is 14.2 Å². The van der Waals surface area contributed by atoms with Crippen molar-refractivity contribution in [1.29, 1.82) is 0 Å². The number of fused-ring (bicyclic) bond motifs is 1. The molecule has 0 unspecified atom stereocenters. The van der Waals surface area contributed by atoms with Crippen LogP contribution in [0.15, 0.2) is 60.9 Å². The van der Waals surface area contributed by atoms with Crippen molar-refractivity contribution >= 4 is 17.4 Å². The van der Waals surface area contributed by atoms with Crippen LogP contribution in [0.25, 0.3) is 16.9 Å². The first-order valence-electron chi connectivity index (χ1n) is 11.5. The number of pyridine rings is 2. The number of rotatable bonds is 4. The van der Waals surface area contributed by atoms with Crippen LogP contribution in [-0.2, 0) is 11.2 Å². The van der Waals surface area contributed by atoms with Crippen molar-refractivity contribution in [2.75, 3.05) is 31.1 Å². The van der Waals surface area contributed by atoms with E-state index in [1.165, 1.54) is 11.1 Å². The number of aromatic nitrogens is 3. The Morgan fingerprint density at radius 1 is 0.939 bits per heavy atom. The lowest BCUT2D eigenvalue weighted by Crippen LogP contribution is -2.49. The fourth-order valence-corrected chi connectivity index (χ4v) is 4.47. The predicted molar refractivity (Wildman–Crippen MR) is 132 cm³/mol. The number of anilines is 1. The van der Waals surface area contributed by atoms with E-state index in [0.29, 0.717) is 19.5 Å². The number of benzene rings is 1. The Morgan fingerprint density at radius 2 is 1.76 bits per heavy atom. The SMILES string of the molecule is Cc1ccn2c(CC(=O)N3CCN(c4ccccn4)CC3)c(-c3ccc(C)c(C)c3)nc2c1. The van der Waals surface area contributed by atoms with Crippen LogP contribution in [0.3, 0.4) is 0 Å². The Balaban J connectivity index is 1.41. The highest BCUT2D eigenvalue weighted by Crippen LogP contribution is 2.28. The first-order valence-corrected chi connectivity index (χ1v) is 11.5. The molecular formula is C27H29N5O. The Kier molecular flexibility index (Phi) is 5.58. The minimum atomic E-state index is 0.142. The molecule has 4 heterocycles. The van der Waals surface area contributed by atoms with E-state index in [0.717, 1.165) is 47.1 Å². The average molecular weight is 440 g/mol. The molecule has 1 aliphatic rings. The minimum Gasteiger partial charge on any atom is -0.353 e. The molecule has 0 aliphatic carbocycles. The zero-order valence-corrected chi connectivity index (χ0v) is 19.5. The monoisotopic (exact) mass is 439 g/mol. The van der Waals surface area contributed by atoms with Gasteiger partial charge in [-0.25, -0.2) is 9.97 Å². The van der Waals surface area contributed by atoms with Gasteiger partial charge in [-0.3, -0.25) is 4.79 Å². The second-order valence-electron chi connectivity index (χ2n) is 8.87. The van der Waals surface area contributed by atoms with Crippen LogP contribution in [0.2, 0.25) is 0 Å². The van der Waals surface area contributed by atoms with E-state index in [2.05, 4.69) is 65.4 Å². The third kappa shape index (κ3) is 4.21. The predicted octanol–water partition coefficient (Wildman–Crippen LogP) is 4.21. The van der Waals surface area contributed by atoms with E-state index in [1.807, 2.05) is 35.5 Å². The fraction of sp³-hybridized carbons (Fsp3) is 0.296. The largest absolute Gasteiger partial charge is 0.353 e. The van der Waals surface area contributed by atoms with E-state index >= 15 is 0 Å². The quantitative estimate of drug-likeness (QED) is 0.478. The number of piperazine rings is 1. The van der Waals surface area contributed by atoms with Gasteiger partial charge in [0.05, 0.1) is 17.8 Å². The molecule has 3 aromatic heterocycles. The molecule has 33 heavy (non-hydrogen) atoms. The maximum Gasteiger partial charge on any atom is 0.228 e. The summed E-state index contributed by atoms with van der Waals surface area (Å²) in [6, 6.07) is 16.5. The first-order chi connectivity index (χ1) is 16.0. The van der Waals surface area contributed by atoms with Gasteiger partial charge in [-0.2, -0.15) is 0 Å². The van der Waals surface area contributed by atoms with E-state index in [1.54, 1.807) is 0 Å². The molecule has 0 radical (unpaired) electrons. The molecule has 1 amide bonds. The summed E-state index contributed by atoms with van der Waals surface area (Å²) in [5.74, 6) is 1.11. The second-order valence-corrected chi connectivity index (χ2v) is 8.87. The van der Waals surface area contributed by atoms with Crippen molar-refractivity contribution in [1.82, 2.24) is 19.3 Å². The van der Waals surface area contributed by atoms with Gasteiger partial charge in [0, 0.05) is 44.1 Å². The molecule has 1 aliphatic heterocycles. The van der Waals surface area contributed by atoms with E-state index in [9.17, 15) is 4.79 Å². The van der Waals surface area contributed by atoms with Crippen LogP contribution in [-0.4, -0.2) is 51.4 Å². The first kappa shape index (κ1) is 21.2. The van der Waals surface area contributed by atoms with E-state index < -0.39 is 0 Å². The summed E-state index contributed by atoms with van der Waals surface area (Å²) in [6.07, 6.45) is 4.17. The summed E-state index contributed by atoms with van der Waals surface area (Å²) in [7, 11) is 0. The van der Waals surface area contributed by atoms with Gasteiger partial charge in [0.25, 0.3) is 0 Å². The maximum atomic E-state index is 13.4. The molecule has 0 atom stereocenters. The van der Waals surface area contributed by atoms with Crippen molar-refractivity contribution in [3.8, 4) is 11.3 Å². The lowest BCUT2D eigenvalue weighted by molar-refractivity contribution is -0.130. The standard InChI is InChI=1S/C27H29N5O/c1-19-9-11-32-23(27(29-25(32)16-19)22-8-7-20(2)21(3)17-22)18-26(33)31-14-12-30(13-15-31)24-6-4-5-10-28-24/h4-11,16-17H,12-15,18H2,1-3H3. The average Bonchev–Trinajstić information content (AvgIpc) is 3.18. The molecule has 1 aromatic carbocycles. The zero-order valence-electron chi connectivity index (χ0n) is 19.5. The topological polar surface area (TPSA) is 53.7 Å². The molecule has 6 nitrogen and oxygen atoms in total. The van der Waals surface area contributed by atoms with Gasteiger partial charge in [0.15, 0.2) is 0 Å². The summed E-state index contributed by atoms with van der Waals surface area (Å²) in [5, 5.41) is 0. The molecule has 0 N–H and O–H groups in total. The van der Waals surface area contributed by atoms with Gasteiger partial charge in [-0.15, -0.1) is 0 Å². The number of amides is 1.